The first-order valence-corrected chi connectivity index (χ1v) is 9.18. The molecule has 1 aromatic carbocycles. The highest BCUT2D eigenvalue weighted by Gasteiger charge is 2.16. The van der Waals surface area contributed by atoms with Crippen LogP contribution in [0.2, 0.25) is 0 Å². The highest BCUT2D eigenvalue weighted by molar-refractivity contribution is 9.11. The molecule has 0 saturated carbocycles. The first-order valence-electron chi connectivity index (χ1n) is 5.98. The van der Waals surface area contributed by atoms with Gasteiger partial charge in [0, 0.05) is 29.7 Å². The monoisotopic (exact) mass is 495 g/mol. The Balaban J connectivity index is 2.28. The molecule has 0 amide bonds. The van der Waals surface area contributed by atoms with Crippen molar-refractivity contribution in [1.29, 1.82) is 0 Å². The normalized spacial score (nSPS) is 10.5. The molecule has 0 aliphatic rings. The molecule has 0 bridgehead atoms. The van der Waals surface area contributed by atoms with Crippen molar-refractivity contribution in [2.45, 2.75) is 13.5 Å². The summed E-state index contributed by atoms with van der Waals surface area (Å²) in [4.78, 5) is 14.3. The van der Waals surface area contributed by atoms with Gasteiger partial charge >= 0.3 is 5.97 Å². The van der Waals surface area contributed by atoms with Crippen LogP contribution in [-0.4, -0.2) is 13.1 Å². The number of anilines is 1. The number of carbonyl (C=O) groups is 1. The fourth-order valence-electron chi connectivity index (χ4n) is 1.80. The molecule has 0 radical (unpaired) electrons. The van der Waals surface area contributed by atoms with Gasteiger partial charge in [-0.3, -0.25) is 0 Å². The third-order valence-electron chi connectivity index (χ3n) is 2.81. The summed E-state index contributed by atoms with van der Waals surface area (Å²) < 4.78 is 7.57. The smallest absolute Gasteiger partial charge is 0.340 e. The number of halogens is 3. The van der Waals surface area contributed by atoms with Crippen LogP contribution in [0.15, 0.2) is 31.6 Å². The van der Waals surface area contributed by atoms with Gasteiger partial charge in [0.2, 0.25) is 0 Å². The quantitative estimate of drug-likeness (QED) is 0.547. The first kappa shape index (κ1) is 17.0. The number of thiophene rings is 1. The molecule has 2 rings (SSSR count). The van der Waals surface area contributed by atoms with Crippen LogP contribution in [0.1, 0.15) is 20.1 Å². The van der Waals surface area contributed by atoms with E-state index in [1.165, 1.54) is 16.9 Å². The van der Waals surface area contributed by atoms with E-state index in [1.807, 2.05) is 6.07 Å². The zero-order chi connectivity index (χ0) is 15.6. The van der Waals surface area contributed by atoms with Crippen molar-refractivity contribution in [3.8, 4) is 0 Å². The molecule has 1 heterocycles. The fourth-order valence-corrected chi connectivity index (χ4v) is 4.71. The summed E-state index contributed by atoms with van der Waals surface area (Å²) in [6.07, 6.45) is 0. The van der Waals surface area contributed by atoms with Gasteiger partial charge in [-0.1, -0.05) is 15.9 Å². The maximum absolute atomic E-state index is 11.9. The van der Waals surface area contributed by atoms with E-state index in [9.17, 15) is 4.79 Å². The zero-order valence-corrected chi connectivity index (χ0v) is 16.9. The van der Waals surface area contributed by atoms with Gasteiger partial charge in [-0.25, -0.2) is 4.79 Å². The van der Waals surface area contributed by atoms with Crippen molar-refractivity contribution < 1.29 is 9.53 Å². The molecule has 0 atom stereocenters. The Morgan fingerprint density at radius 3 is 2.52 bits per heavy atom. The van der Waals surface area contributed by atoms with Crippen molar-refractivity contribution in [3.05, 3.63) is 46.9 Å². The minimum atomic E-state index is -0.372. The van der Waals surface area contributed by atoms with E-state index in [1.54, 1.807) is 17.4 Å². The standard InChI is InChI=1S/C14H12Br3NO2S/c1-7-11(16)5-9(21-7)6-18-13-10(14(19)20-2)3-8(15)4-12(13)17/h3-5,18H,6H2,1-2H3. The lowest BCUT2D eigenvalue weighted by Crippen LogP contribution is -2.08. The molecule has 0 aliphatic heterocycles. The van der Waals surface area contributed by atoms with Gasteiger partial charge < -0.3 is 10.1 Å². The molecular formula is C14H12Br3NO2S. The Morgan fingerprint density at radius 2 is 1.95 bits per heavy atom. The van der Waals surface area contributed by atoms with E-state index >= 15 is 0 Å². The number of ether oxygens (including phenoxy) is 1. The molecule has 0 unspecified atom stereocenters. The Labute approximate surface area is 152 Å². The molecule has 1 N–H and O–H groups in total. The third-order valence-corrected chi connectivity index (χ3v) is 6.03. The summed E-state index contributed by atoms with van der Waals surface area (Å²) in [5.74, 6) is -0.372. The summed E-state index contributed by atoms with van der Waals surface area (Å²) in [5, 5.41) is 3.30. The maximum atomic E-state index is 11.9. The fraction of sp³-hybridized carbons (Fsp3) is 0.214. The summed E-state index contributed by atoms with van der Waals surface area (Å²) in [6, 6.07) is 5.72. The second-order valence-electron chi connectivity index (χ2n) is 4.27. The average Bonchev–Trinajstić information content (AvgIpc) is 2.75. The van der Waals surface area contributed by atoms with Gasteiger partial charge in [-0.05, 0) is 57.0 Å². The van der Waals surface area contributed by atoms with Crippen molar-refractivity contribution in [2.75, 3.05) is 12.4 Å². The average molecular weight is 498 g/mol. The van der Waals surface area contributed by atoms with Crippen LogP contribution in [-0.2, 0) is 11.3 Å². The van der Waals surface area contributed by atoms with Gasteiger partial charge in [0.05, 0.1) is 18.4 Å². The van der Waals surface area contributed by atoms with Crippen LogP contribution in [0, 0.1) is 6.92 Å². The topological polar surface area (TPSA) is 38.3 Å². The molecule has 112 valence electrons. The van der Waals surface area contributed by atoms with Crippen molar-refractivity contribution in [3.63, 3.8) is 0 Å². The minimum absolute atomic E-state index is 0.372. The van der Waals surface area contributed by atoms with Gasteiger partial charge in [0.25, 0.3) is 0 Å². The molecule has 0 saturated heterocycles. The second-order valence-corrected chi connectivity index (χ2v) is 8.24. The van der Waals surface area contributed by atoms with Crippen LogP contribution in [0.5, 0.6) is 0 Å². The lowest BCUT2D eigenvalue weighted by molar-refractivity contribution is 0.0601. The van der Waals surface area contributed by atoms with Gasteiger partial charge in [0.1, 0.15) is 0 Å². The summed E-state index contributed by atoms with van der Waals surface area (Å²) >= 11 is 12.1. The van der Waals surface area contributed by atoms with E-state index < -0.39 is 0 Å². The summed E-state index contributed by atoms with van der Waals surface area (Å²) in [7, 11) is 1.38. The molecule has 0 fully saturated rings. The predicted molar refractivity (Wildman–Crippen MR) is 97.3 cm³/mol. The van der Waals surface area contributed by atoms with E-state index in [0.717, 1.165) is 19.1 Å². The van der Waals surface area contributed by atoms with E-state index in [4.69, 9.17) is 4.74 Å². The molecule has 3 nitrogen and oxygen atoms in total. The molecule has 0 spiro atoms. The largest absolute Gasteiger partial charge is 0.465 e. The number of benzene rings is 1. The Bertz CT molecular complexity index is 666. The highest BCUT2D eigenvalue weighted by Crippen LogP contribution is 2.33. The number of carbonyl (C=O) groups excluding carboxylic acids is 1. The van der Waals surface area contributed by atoms with Crippen molar-refractivity contribution in [1.82, 2.24) is 0 Å². The van der Waals surface area contributed by atoms with Gasteiger partial charge in [-0.15, -0.1) is 11.3 Å². The summed E-state index contributed by atoms with van der Waals surface area (Å²) in [6.45, 7) is 2.70. The van der Waals surface area contributed by atoms with Crippen molar-refractivity contribution >= 4 is 70.8 Å². The number of nitrogens with one attached hydrogen (secondary N) is 1. The number of aryl methyl sites for hydroxylation is 1. The van der Waals surface area contributed by atoms with Crippen LogP contribution in [0.4, 0.5) is 5.69 Å². The number of esters is 1. The number of hydrogen-bond acceptors (Lipinski definition) is 4. The molecule has 0 aliphatic carbocycles. The molecular weight excluding hydrogens is 486 g/mol. The number of methoxy groups -OCH3 is 1. The van der Waals surface area contributed by atoms with Gasteiger partial charge in [-0.2, -0.15) is 0 Å². The molecule has 21 heavy (non-hydrogen) atoms. The zero-order valence-electron chi connectivity index (χ0n) is 11.3. The van der Waals surface area contributed by atoms with E-state index in [-0.39, 0.29) is 5.97 Å². The number of rotatable bonds is 4. The lowest BCUT2D eigenvalue weighted by Gasteiger charge is -2.13. The van der Waals surface area contributed by atoms with Crippen LogP contribution < -0.4 is 5.32 Å². The highest BCUT2D eigenvalue weighted by atomic mass is 79.9. The van der Waals surface area contributed by atoms with Crippen molar-refractivity contribution in [2.24, 2.45) is 0 Å². The Hall–Kier alpha value is -0.370. The van der Waals surface area contributed by atoms with E-state index in [2.05, 4.69) is 66.1 Å². The van der Waals surface area contributed by atoms with E-state index in [0.29, 0.717) is 12.1 Å². The maximum Gasteiger partial charge on any atom is 0.340 e. The molecule has 2 aromatic rings. The lowest BCUT2D eigenvalue weighted by atomic mass is 10.2. The minimum Gasteiger partial charge on any atom is -0.465 e. The second kappa shape index (κ2) is 7.26. The van der Waals surface area contributed by atoms with Crippen LogP contribution in [0.25, 0.3) is 0 Å². The Kier molecular flexibility index (Phi) is 5.88. The predicted octanol–water partition coefficient (Wildman–Crippen LogP) is 5.74. The molecule has 7 heteroatoms. The Morgan fingerprint density at radius 1 is 1.24 bits per heavy atom. The molecule has 1 aromatic heterocycles. The van der Waals surface area contributed by atoms with Gasteiger partial charge in [0.15, 0.2) is 0 Å². The third kappa shape index (κ3) is 4.09. The summed E-state index contributed by atoms with van der Waals surface area (Å²) in [5.41, 5.74) is 1.22. The first-order chi connectivity index (χ1) is 9.92. The van der Waals surface area contributed by atoms with Crippen LogP contribution in [0.3, 0.4) is 0 Å². The van der Waals surface area contributed by atoms with Crippen LogP contribution >= 0.6 is 59.1 Å². The SMILES string of the molecule is COC(=O)c1cc(Br)cc(Br)c1NCc1cc(Br)c(C)s1. The number of hydrogen-bond donors (Lipinski definition) is 1.